The lowest BCUT2D eigenvalue weighted by molar-refractivity contribution is 1.11. The molecular formula is C22H16N4. The van der Waals surface area contributed by atoms with E-state index in [4.69, 9.17) is 5.73 Å². The molecule has 0 unspecified atom stereocenters. The fourth-order valence-electron chi connectivity index (χ4n) is 3.13. The summed E-state index contributed by atoms with van der Waals surface area (Å²) < 4.78 is 1.92. The Balaban J connectivity index is 1.93. The molecule has 0 atom stereocenters. The molecule has 0 amide bonds. The highest BCUT2D eigenvalue weighted by molar-refractivity contribution is 5.89. The van der Waals surface area contributed by atoms with Crippen LogP contribution in [0.3, 0.4) is 0 Å². The number of aromatic nitrogens is 2. The van der Waals surface area contributed by atoms with E-state index in [9.17, 15) is 5.26 Å². The largest absolute Gasteiger partial charge is 0.369 e. The van der Waals surface area contributed by atoms with Gasteiger partial charge in [0.1, 0.15) is 0 Å². The lowest BCUT2D eigenvalue weighted by Crippen LogP contribution is -2.00. The summed E-state index contributed by atoms with van der Waals surface area (Å²) in [6, 6.07) is 27.9. The van der Waals surface area contributed by atoms with Gasteiger partial charge < -0.3 is 5.73 Å². The molecule has 0 aliphatic heterocycles. The Bertz CT molecular complexity index is 1130. The zero-order chi connectivity index (χ0) is 17.9. The zero-order valence-corrected chi connectivity index (χ0v) is 14.0. The Kier molecular flexibility index (Phi) is 3.97. The van der Waals surface area contributed by atoms with Gasteiger partial charge in [-0.25, -0.2) is 4.98 Å². The number of hydrogen-bond acceptors (Lipinski definition) is 3. The number of nitrogens with two attached hydrogens (primary N) is 1. The van der Waals surface area contributed by atoms with Crippen LogP contribution < -0.4 is 5.73 Å². The molecule has 0 radical (unpaired) electrons. The zero-order valence-electron chi connectivity index (χ0n) is 14.0. The van der Waals surface area contributed by atoms with Crippen molar-refractivity contribution in [2.75, 3.05) is 5.73 Å². The highest BCUT2D eigenvalue weighted by Crippen LogP contribution is 2.29. The molecule has 4 nitrogen and oxygen atoms in total. The van der Waals surface area contributed by atoms with Gasteiger partial charge in [0.05, 0.1) is 17.1 Å². The molecule has 1 heterocycles. The number of anilines is 1. The fourth-order valence-corrected chi connectivity index (χ4v) is 3.13. The predicted octanol–water partition coefficient (Wildman–Crippen LogP) is 4.56. The number of benzene rings is 3. The van der Waals surface area contributed by atoms with Gasteiger partial charge in [-0.1, -0.05) is 54.6 Å². The molecule has 1 aromatic heterocycles. The Hall–Kier alpha value is -3.84. The molecule has 4 rings (SSSR count). The molecule has 0 saturated carbocycles. The summed E-state index contributed by atoms with van der Waals surface area (Å²) in [5.74, 6) is 0.439. The van der Waals surface area contributed by atoms with Gasteiger partial charge in [0.25, 0.3) is 0 Å². The van der Waals surface area contributed by atoms with Crippen LogP contribution >= 0.6 is 0 Å². The molecule has 26 heavy (non-hydrogen) atoms. The van der Waals surface area contributed by atoms with E-state index in [1.54, 1.807) is 6.08 Å². The monoisotopic (exact) mass is 336 g/mol. The normalized spacial score (nSPS) is 11.4. The maximum absolute atomic E-state index is 9.25. The van der Waals surface area contributed by atoms with Gasteiger partial charge in [0, 0.05) is 11.8 Å². The van der Waals surface area contributed by atoms with Crippen LogP contribution in [0.25, 0.3) is 22.3 Å². The van der Waals surface area contributed by atoms with Crippen LogP contribution in [0.4, 0.5) is 5.95 Å². The van der Waals surface area contributed by atoms with Crippen LogP contribution in [0, 0.1) is 11.3 Å². The molecule has 4 heteroatoms. The van der Waals surface area contributed by atoms with Gasteiger partial charge in [-0.3, -0.25) is 4.57 Å². The average Bonchev–Trinajstić information content (AvgIpc) is 3.02. The Morgan fingerprint density at radius 2 is 1.62 bits per heavy atom. The minimum atomic E-state index is 0.439. The van der Waals surface area contributed by atoms with Gasteiger partial charge in [-0.15, -0.1) is 0 Å². The van der Waals surface area contributed by atoms with Crippen LogP contribution in [0.15, 0.2) is 84.9 Å². The van der Waals surface area contributed by atoms with E-state index in [-0.39, 0.29) is 0 Å². The van der Waals surface area contributed by atoms with Gasteiger partial charge in [-0.2, -0.15) is 5.26 Å². The summed E-state index contributed by atoms with van der Waals surface area (Å²) in [6.07, 6.45) is 1.57. The number of imidazole rings is 1. The van der Waals surface area contributed by atoms with Crippen LogP contribution in [0.5, 0.6) is 0 Å². The lowest BCUT2D eigenvalue weighted by atomic mass is 9.97. The van der Waals surface area contributed by atoms with E-state index in [0.29, 0.717) is 5.95 Å². The molecule has 3 aromatic carbocycles. The Labute approximate surface area is 151 Å². The van der Waals surface area contributed by atoms with Crippen molar-refractivity contribution in [3.63, 3.8) is 0 Å². The Morgan fingerprint density at radius 1 is 0.923 bits per heavy atom. The molecular weight excluding hydrogens is 320 g/mol. The summed E-state index contributed by atoms with van der Waals surface area (Å²) >= 11 is 0. The minimum absolute atomic E-state index is 0.439. The van der Waals surface area contributed by atoms with Crippen molar-refractivity contribution in [3.05, 3.63) is 96.1 Å². The SMILES string of the molecule is N#CC=C(c1ccccc1)c1ccc2nc(N)n(-c3ccccc3)c2c1. The maximum Gasteiger partial charge on any atom is 0.205 e. The number of nitrogens with zero attached hydrogens (tertiary/aromatic N) is 3. The van der Waals surface area contributed by atoms with Gasteiger partial charge >= 0.3 is 0 Å². The first-order valence-electron chi connectivity index (χ1n) is 8.27. The highest BCUT2D eigenvalue weighted by atomic mass is 15.2. The van der Waals surface area contributed by atoms with Crippen LogP contribution in [0.1, 0.15) is 11.1 Å². The highest BCUT2D eigenvalue weighted by Gasteiger charge is 2.12. The maximum atomic E-state index is 9.25. The van der Waals surface area contributed by atoms with E-state index in [0.717, 1.165) is 33.4 Å². The van der Waals surface area contributed by atoms with E-state index in [1.807, 2.05) is 83.4 Å². The smallest absolute Gasteiger partial charge is 0.205 e. The van der Waals surface area contributed by atoms with Crippen LogP contribution in [0.2, 0.25) is 0 Å². The quantitative estimate of drug-likeness (QED) is 0.558. The molecule has 4 aromatic rings. The molecule has 0 bridgehead atoms. The van der Waals surface area contributed by atoms with E-state index in [2.05, 4.69) is 11.1 Å². The summed E-state index contributed by atoms with van der Waals surface area (Å²) in [6.45, 7) is 0. The summed E-state index contributed by atoms with van der Waals surface area (Å²) in [5, 5.41) is 9.25. The number of fused-ring (bicyclic) bond motifs is 1. The fraction of sp³-hybridized carbons (Fsp3) is 0. The third kappa shape index (κ3) is 2.72. The summed E-state index contributed by atoms with van der Waals surface area (Å²) in [7, 11) is 0. The first-order valence-corrected chi connectivity index (χ1v) is 8.27. The van der Waals surface area contributed by atoms with Crippen LogP contribution in [-0.2, 0) is 0 Å². The number of nitriles is 1. The molecule has 2 N–H and O–H groups in total. The van der Waals surface area contributed by atoms with Crippen molar-refractivity contribution < 1.29 is 0 Å². The first-order chi connectivity index (χ1) is 12.8. The second kappa shape index (κ2) is 6.58. The minimum Gasteiger partial charge on any atom is -0.369 e. The molecule has 0 saturated heterocycles. The number of para-hydroxylation sites is 1. The molecule has 124 valence electrons. The van der Waals surface area contributed by atoms with E-state index >= 15 is 0 Å². The molecule has 0 aliphatic carbocycles. The number of allylic oxidation sites excluding steroid dienone is 1. The number of rotatable bonds is 3. The average molecular weight is 336 g/mol. The third-order valence-electron chi connectivity index (χ3n) is 4.30. The standard InChI is InChI=1S/C22H16N4/c23-14-13-19(16-7-3-1-4-8-16)17-11-12-20-21(15-17)26(22(24)25-20)18-9-5-2-6-10-18/h1-13,15H,(H2,24,25). The summed E-state index contributed by atoms with van der Waals surface area (Å²) in [4.78, 5) is 4.46. The predicted molar refractivity (Wildman–Crippen MR) is 105 cm³/mol. The van der Waals surface area contributed by atoms with Crippen molar-refractivity contribution in [1.29, 1.82) is 5.26 Å². The van der Waals surface area contributed by atoms with E-state index < -0.39 is 0 Å². The summed E-state index contributed by atoms with van der Waals surface area (Å²) in [5.41, 5.74) is 11.7. The van der Waals surface area contributed by atoms with Crippen molar-refractivity contribution in [2.24, 2.45) is 0 Å². The third-order valence-corrected chi connectivity index (χ3v) is 4.30. The second-order valence-electron chi connectivity index (χ2n) is 5.90. The van der Waals surface area contributed by atoms with Crippen molar-refractivity contribution in [3.8, 4) is 11.8 Å². The first kappa shape index (κ1) is 15.7. The van der Waals surface area contributed by atoms with Crippen molar-refractivity contribution >= 4 is 22.6 Å². The van der Waals surface area contributed by atoms with Gasteiger partial charge in [-0.05, 0) is 41.0 Å². The number of hydrogen-bond donors (Lipinski definition) is 1. The van der Waals surface area contributed by atoms with E-state index in [1.165, 1.54) is 0 Å². The Morgan fingerprint density at radius 3 is 2.31 bits per heavy atom. The molecule has 0 fully saturated rings. The second-order valence-corrected chi connectivity index (χ2v) is 5.90. The van der Waals surface area contributed by atoms with Crippen LogP contribution in [-0.4, -0.2) is 9.55 Å². The number of nitrogen functional groups attached to an aromatic ring is 1. The topological polar surface area (TPSA) is 67.6 Å². The van der Waals surface area contributed by atoms with Gasteiger partial charge in [0.15, 0.2) is 0 Å². The van der Waals surface area contributed by atoms with Gasteiger partial charge in [0.2, 0.25) is 5.95 Å². The molecule has 0 spiro atoms. The lowest BCUT2D eigenvalue weighted by Gasteiger charge is -2.09. The molecule has 0 aliphatic rings. The van der Waals surface area contributed by atoms with Crippen molar-refractivity contribution in [1.82, 2.24) is 9.55 Å². The van der Waals surface area contributed by atoms with Crippen molar-refractivity contribution in [2.45, 2.75) is 0 Å².